The van der Waals surface area contributed by atoms with E-state index in [4.69, 9.17) is 4.74 Å². The van der Waals surface area contributed by atoms with Crippen molar-refractivity contribution in [3.8, 4) is 0 Å². The zero-order chi connectivity index (χ0) is 19.9. The highest BCUT2D eigenvalue weighted by atomic mass is 16.6. The van der Waals surface area contributed by atoms with Gasteiger partial charge in [0.15, 0.2) is 0 Å². The highest BCUT2D eigenvalue weighted by Gasteiger charge is 2.23. The molecule has 0 radical (unpaired) electrons. The number of amides is 3. The van der Waals surface area contributed by atoms with Gasteiger partial charge in [0.1, 0.15) is 12.0 Å². The van der Waals surface area contributed by atoms with E-state index in [9.17, 15) is 14.4 Å². The fraction of sp³-hybridized carbons (Fsp3) is 0.550. The SMILES string of the molecule is CC(C)(C)OC(=O)NCCCNC(=O)CC(=O)N1CCCc2ccccc21. The van der Waals surface area contributed by atoms with Crippen LogP contribution in [0.4, 0.5) is 10.5 Å². The third-order valence-electron chi connectivity index (χ3n) is 4.07. The summed E-state index contributed by atoms with van der Waals surface area (Å²) in [4.78, 5) is 37.7. The van der Waals surface area contributed by atoms with Gasteiger partial charge in [-0.1, -0.05) is 18.2 Å². The Hall–Kier alpha value is -2.57. The smallest absolute Gasteiger partial charge is 0.407 e. The van der Waals surface area contributed by atoms with Crippen LogP contribution >= 0.6 is 0 Å². The van der Waals surface area contributed by atoms with E-state index < -0.39 is 11.7 Å². The summed E-state index contributed by atoms with van der Waals surface area (Å²) in [6, 6.07) is 7.81. The van der Waals surface area contributed by atoms with Crippen LogP contribution in [0.2, 0.25) is 0 Å². The maximum atomic E-state index is 12.5. The van der Waals surface area contributed by atoms with E-state index in [-0.39, 0.29) is 18.2 Å². The van der Waals surface area contributed by atoms with Crippen LogP contribution in [0.1, 0.15) is 45.6 Å². The minimum Gasteiger partial charge on any atom is -0.444 e. The van der Waals surface area contributed by atoms with Gasteiger partial charge in [-0.2, -0.15) is 0 Å². The summed E-state index contributed by atoms with van der Waals surface area (Å²) in [5, 5.41) is 5.35. The van der Waals surface area contributed by atoms with Crippen molar-refractivity contribution in [3.63, 3.8) is 0 Å². The van der Waals surface area contributed by atoms with Gasteiger partial charge in [0.2, 0.25) is 11.8 Å². The van der Waals surface area contributed by atoms with Crippen LogP contribution in [0.3, 0.4) is 0 Å². The zero-order valence-corrected chi connectivity index (χ0v) is 16.3. The number of fused-ring (bicyclic) bond motifs is 1. The van der Waals surface area contributed by atoms with Gasteiger partial charge in [0.05, 0.1) is 0 Å². The number of nitrogens with one attached hydrogen (secondary N) is 2. The second kappa shape index (κ2) is 9.39. The molecule has 1 aliphatic heterocycles. The second-order valence-electron chi connectivity index (χ2n) is 7.59. The number of hydrogen-bond donors (Lipinski definition) is 2. The Morgan fingerprint density at radius 1 is 1.11 bits per heavy atom. The topological polar surface area (TPSA) is 87.7 Å². The van der Waals surface area contributed by atoms with E-state index in [2.05, 4.69) is 10.6 Å². The van der Waals surface area contributed by atoms with Crippen LogP contribution in [0.25, 0.3) is 0 Å². The fourth-order valence-electron chi connectivity index (χ4n) is 2.91. The lowest BCUT2D eigenvalue weighted by Crippen LogP contribution is -2.39. The molecule has 1 aromatic carbocycles. The van der Waals surface area contributed by atoms with Crippen molar-refractivity contribution in [2.75, 3.05) is 24.5 Å². The molecule has 7 heteroatoms. The molecule has 1 aromatic rings. The largest absolute Gasteiger partial charge is 0.444 e. The Kier molecular flexibility index (Phi) is 7.21. The average Bonchev–Trinajstić information content (AvgIpc) is 2.59. The average molecular weight is 375 g/mol. The lowest BCUT2D eigenvalue weighted by molar-refractivity contribution is -0.128. The maximum Gasteiger partial charge on any atom is 0.407 e. The van der Waals surface area contributed by atoms with E-state index in [0.29, 0.717) is 26.1 Å². The van der Waals surface area contributed by atoms with Gasteiger partial charge in [-0.3, -0.25) is 9.59 Å². The van der Waals surface area contributed by atoms with Crippen molar-refractivity contribution in [2.45, 2.75) is 52.1 Å². The van der Waals surface area contributed by atoms with E-state index >= 15 is 0 Å². The van der Waals surface area contributed by atoms with Crippen molar-refractivity contribution < 1.29 is 19.1 Å². The standard InChI is InChI=1S/C20H29N3O4/c1-20(2,3)27-19(26)22-12-7-11-21-17(24)14-18(25)23-13-6-9-15-8-4-5-10-16(15)23/h4-5,8,10H,6-7,9,11-14H2,1-3H3,(H,21,24)(H,22,26). The van der Waals surface area contributed by atoms with Gasteiger partial charge in [-0.15, -0.1) is 0 Å². The Balaban J connectivity index is 1.68. The third-order valence-corrected chi connectivity index (χ3v) is 4.07. The first-order valence-electron chi connectivity index (χ1n) is 9.38. The minimum absolute atomic E-state index is 0.173. The number of ether oxygens (including phenoxy) is 1. The molecule has 2 rings (SSSR count). The first-order valence-corrected chi connectivity index (χ1v) is 9.38. The molecule has 0 aliphatic carbocycles. The summed E-state index contributed by atoms with van der Waals surface area (Å²) in [7, 11) is 0. The van der Waals surface area contributed by atoms with Crippen molar-refractivity contribution in [3.05, 3.63) is 29.8 Å². The predicted molar refractivity (Wildman–Crippen MR) is 104 cm³/mol. The van der Waals surface area contributed by atoms with Gasteiger partial charge in [0, 0.05) is 25.3 Å². The number of anilines is 1. The highest BCUT2D eigenvalue weighted by molar-refractivity contribution is 6.05. The second-order valence-corrected chi connectivity index (χ2v) is 7.59. The lowest BCUT2D eigenvalue weighted by atomic mass is 10.0. The van der Waals surface area contributed by atoms with Crippen LogP contribution in [-0.4, -0.2) is 43.1 Å². The molecule has 0 saturated heterocycles. The lowest BCUT2D eigenvalue weighted by Gasteiger charge is -2.29. The summed E-state index contributed by atoms with van der Waals surface area (Å²) in [6.45, 7) is 6.81. The number of carbonyl (C=O) groups excluding carboxylic acids is 3. The molecule has 27 heavy (non-hydrogen) atoms. The van der Waals surface area contributed by atoms with Gasteiger partial charge >= 0.3 is 6.09 Å². The molecule has 0 saturated carbocycles. The Morgan fingerprint density at radius 2 is 1.81 bits per heavy atom. The molecule has 0 fully saturated rings. The molecular weight excluding hydrogens is 346 g/mol. The van der Waals surface area contributed by atoms with Crippen LogP contribution < -0.4 is 15.5 Å². The Labute approximate surface area is 160 Å². The number of para-hydroxylation sites is 1. The molecule has 1 heterocycles. The summed E-state index contributed by atoms with van der Waals surface area (Å²) in [5.41, 5.74) is 1.51. The summed E-state index contributed by atoms with van der Waals surface area (Å²) < 4.78 is 5.13. The first kappa shape index (κ1) is 20.7. The Morgan fingerprint density at radius 3 is 2.56 bits per heavy atom. The van der Waals surface area contributed by atoms with Crippen LogP contribution in [0, 0.1) is 0 Å². The van der Waals surface area contributed by atoms with Crippen LogP contribution in [0.15, 0.2) is 24.3 Å². The number of rotatable bonds is 6. The number of aryl methyl sites for hydroxylation is 1. The van der Waals surface area contributed by atoms with Gasteiger partial charge < -0.3 is 20.3 Å². The molecule has 0 bridgehead atoms. The van der Waals surface area contributed by atoms with Gasteiger partial charge in [-0.05, 0) is 51.7 Å². The molecule has 2 N–H and O–H groups in total. The third kappa shape index (κ3) is 6.92. The molecule has 7 nitrogen and oxygen atoms in total. The quantitative estimate of drug-likeness (QED) is 0.590. The molecule has 0 aromatic heterocycles. The molecule has 1 aliphatic rings. The molecular formula is C20H29N3O4. The molecule has 0 unspecified atom stereocenters. The monoisotopic (exact) mass is 375 g/mol. The summed E-state index contributed by atoms with van der Waals surface area (Å²) in [6.07, 6.45) is 1.77. The molecule has 3 amide bonds. The normalized spacial score (nSPS) is 13.5. The Bertz CT molecular complexity index is 682. The van der Waals surface area contributed by atoms with E-state index in [1.54, 1.807) is 25.7 Å². The number of nitrogens with zero attached hydrogens (tertiary/aromatic N) is 1. The maximum absolute atomic E-state index is 12.5. The van der Waals surface area contributed by atoms with E-state index in [1.807, 2.05) is 24.3 Å². The van der Waals surface area contributed by atoms with Gasteiger partial charge in [-0.25, -0.2) is 4.79 Å². The van der Waals surface area contributed by atoms with Crippen LogP contribution in [0.5, 0.6) is 0 Å². The van der Waals surface area contributed by atoms with E-state index in [1.165, 1.54) is 0 Å². The number of alkyl carbamates (subject to hydrolysis) is 1. The summed E-state index contributed by atoms with van der Waals surface area (Å²) >= 11 is 0. The van der Waals surface area contributed by atoms with Crippen molar-refractivity contribution in [1.82, 2.24) is 10.6 Å². The van der Waals surface area contributed by atoms with Crippen LogP contribution in [-0.2, 0) is 20.7 Å². The fourth-order valence-corrected chi connectivity index (χ4v) is 2.91. The number of benzene rings is 1. The summed E-state index contributed by atoms with van der Waals surface area (Å²) in [5.74, 6) is -0.494. The number of hydrogen-bond acceptors (Lipinski definition) is 4. The van der Waals surface area contributed by atoms with Crippen molar-refractivity contribution in [1.29, 1.82) is 0 Å². The molecule has 0 spiro atoms. The van der Waals surface area contributed by atoms with E-state index in [0.717, 1.165) is 24.1 Å². The van der Waals surface area contributed by atoms with Crippen molar-refractivity contribution in [2.24, 2.45) is 0 Å². The highest BCUT2D eigenvalue weighted by Crippen LogP contribution is 2.27. The zero-order valence-electron chi connectivity index (χ0n) is 16.3. The predicted octanol–water partition coefficient (Wildman–Crippen LogP) is 2.39. The first-order chi connectivity index (χ1) is 12.8. The molecule has 0 atom stereocenters. The minimum atomic E-state index is -0.536. The number of carbonyl (C=O) groups is 3. The van der Waals surface area contributed by atoms with Crippen molar-refractivity contribution >= 4 is 23.6 Å². The van der Waals surface area contributed by atoms with Gasteiger partial charge in [0.25, 0.3) is 0 Å². The molecule has 148 valence electrons.